The van der Waals surface area contributed by atoms with Crippen LogP contribution in [-0.4, -0.2) is 29.8 Å². The smallest absolute Gasteiger partial charge is 0.255 e. The van der Waals surface area contributed by atoms with Crippen LogP contribution in [0.2, 0.25) is 0 Å². The van der Waals surface area contributed by atoms with Gasteiger partial charge in [-0.3, -0.25) is 9.59 Å². The average Bonchev–Trinajstić information content (AvgIpc) is 3.29. The van der Waals surface area contributed by atoms with E-state index in [1.807, 2.05) is 30.3 Å². The standard InChI is InChI=1S/C24H24N2O4/c27-23-5-1-2-14-26(23)16-18-6-10-20(11-7-18)25-24(28)19-8-12-21(13-9-19)30-17-22-4-3-15-29-22/h1-2,5-14,22H,3-4,15-17H2,(H,25,28)/t22-/m1/s1. The monoisotopic (exact) mass is 404 g/mol. The Morgan fingerprint density at radius 1 is 1.07 bits per heavy atom. The fraction of sp³-hybridized carbons (Fsp3) is 0.250. The number of nitrogens with one attached hydrogen (secondary N) is 1. The van der Waals surface area contributed by atoms with E-state index in [2.05, 4.69) is 5.32 Å². The molecular weight excluding hydrogens is 380 g/mol. The quantitative estimate of drug-likeness (QED) is 0.652. The zero-order valence-corrected chi connectivity index (χ0v) is 16.6. The van der Waals surface area contributed by atoms with Crippen LogP contribution in [0.25, 0.3) is 0 Å². The first-order valence-electron chi connectivity index (χ1n) is 10.1. The molecule has 3 aromatic rings. The number of carbonyl (C=O) groups is 1. The minimum atomic E-state index is -0.187. The Labute approximate surface area is 175 Å². The van der Waals surface area contributed by atoms with Crippen molar-refractivity contribution < 1.29 is 14.3 Å². The van der Waals surface area contributed by atoms with Crippen LogP contribution in [0.15, 0.2) is 77.7 Å². The molecular formula is C24H24N2O4. The number of nitrogens with zero attached hydrogens (tertiary/aromatic N) is 1. The van der Waals surface area contributed by atoms with Gasteiger partial charge in [0.15, 0.2) is 0 Å². The third-order valence-electron chi connectivity index (χ3n) is 5.04. The second kappa shape index (κ2) is 9.41. The molecule has 0 spiro atoms. The van der Waals surface area contributed by atoms with E-state index in [9.17, 15) is 9.59 Å². The Morgan fingerprint density at radius 3 is 2.57 bits per heavy atom. The highest BCUT2D eigenvalue weighted by Gasteiger charge is 2.16. The van der Waals surface area contributed by atoms with Crippen LogP contribution < -0.4 is 15.6 Å². The summed E-state index contributed by atoms with van der Waals surface area (Å²) in [5.41, 5.74) is 2.19. The van der Waals surface area contributed by atoms with Gasteiger partial charge in [-0.2, -0.15) is 0 Å². The van der Waals surface area contributed by atoms with Gasteiger partial charge in [0.25, 0.3) is 11.5 Å². The highest BCUT2D eigenvalue weighted by atomic mass is 16.5. The lowest BCUT2D eigenvalue weighted by Gasteiger charge is -2.12. The Morgan fingerprint density at radius 2 is 1.87 bits per heavy atom. The lowest BCUT2D eigenvalue weighted by Crippen LogP contribution is -2.18. The van der Waals surface area contributed by atoms with E-state index < -0.39 is 0 Å². The van der Waals surface area contributed by atoms with E-state index in [0.29, 0.717) is 24.4 Å². The number of hydrogen-bond donors (Lipinski definition) is 1. The van der Waals surface area contributed by atoms with Gasteiger partial charge in [-0.1, -0.05) is 18.2 Å². The van der Waals surface area contributed by atoms with Crippen LogP contribution in [0.4, 0.5) is 5.69 Å². The highest BCUT2D eigenvalue weighted by molar-refractivity contribution is 6.04. The molecule has 154 valence electrons. The molecule has 1 N–H and O–H groups in total. The van der Waals surface area contributed by atoms with Gasteiger partial charge in [-0.15, -0.1) is 0 Å². The van der Waals surface area contributed by atoms with Gasteiger partial charge >= 0.3 is 0 Å². The first-order valence-corrected chi connectivity index (χ1v) is 10.1. The predicted octanol–water partition coefficient (Wildman–Crippen LogP) is 3.71. The van der Waals surface area contributed by atoms with Crippen molar-refractivity contribution in [2.75, 3.05) is 18.5 Å². The molecule has 0 saturated carbocycles. The van der Waals surface area contributed by atoms with Crippen LogP contribution in [-0.2, 0) is 11.3 Å². The summed E-state index contributed by atoms with van der Waals surface area (Å²) in [4.78, 5) is 24.3. The third kappa shape index (κ3) is 5.15. The molecule has 6 heteroatoms. The van der Waals surface area contributed by atoms with Crippen LogP contribution in [0.1, 0.15) is 28.8 Å². The summed E-state index contributed by atoms with van der Waals surface area (Å²) >= 11 is 0. The van der Waals surface area contributed by atoms with Crippen LogP contribution >= 0.6 is 0 Å². The molecule has 1 amide bonds. The maximum atomic E-state index is 12.5. The van der Waals surface area contributed by atoms with Crippen molar-refractivity contribution in [2.24, 2.45) is 0 Å². The maximum Gasteiger partial charge on any atom is 0.255 e. The molecule has 2 aromatic carbocycles. The second-order valence-electron chi connectivity index (χ2n) is 7.29. The largest absolute Gasteiger partial charge is 0.491 e. The van der Waals surface area contributed by atoms with Crippen molar-refractivity contribution in [3.05, 3.63) is 94.4 Å². The zero-order valence-electron chi connectivity index (χ0n) is 16.6. The molecule has 2 heterocycles. The van der Waals surface area contributed by atoms with E-state index >= 15 is 0 Å². The Hall–Kier alpha value is -3.38. The number of amides is 1. The number of carbonyl (C=O) groups excluding carboxylic acids is 1. The summed E-state index contributed by atoms with van der Waals surface area (Å²) in [6.07, 6.45) is 4.03. The van der Waals surface area contributed by atoms with Crippen LogP contribution in [0.5, 0.6) is 5.75 Å². The van der Waals surface area contributed by atoms with Crippen molar-refractivity contribution in [1.82, 2.24) is 4.57 Å². The molecule has 1 fully saturated rings. The lowest BCUT2D eigenvalue weighted by molar-refractivity contribution is 0.0679. The van der Waals surface area contributed by atoms with Crippen LogP contribution in [0.3, 0.4) is 0 Å². The normalized spacial score (nSPS) is 15.7. The minimum absolute atomic E-state index is 0.0434. The van der Waals surface area contributed by atoms with Gasteiger partial charge in [0.1, 0.15) is 12.4 Å². The van der Waals surface area contributed by atoms with Gasteiger partial charge in [0, 0.05) is 30.1 Å². The fourth-order valence-electron chi connectivity index (χ4n) is 3.35. The molecule has 1 saturated heterocycles. The van der Waals surface area contributed by atoms with E-state index in [1.54, 1.807) is 41.1 Å². The van der Waals surface area contributed by atoms with Crippen molar-refractivity contribution >= 4 is 11.6 Å². The first-order chi connectivity index (χ1) is 14.7. The molecule has 0 unspecified atom stereocenters. The summed E-state index contributed by atoms with van der Waals surface area (Å²) in [7, 11) is 0. The van der Waals surface area contributed by atoms with Gasteiger partial charge in [-0.25, -0.2) is 0 Å². The summed E-state index contributed by atoms with van der Waals surface area (Å²) < 4.78 is 12.9. The molecule has 1 atom stereocenters. The van der Waals surface area contributed by atoms with E-state index in [4.69, 9.17) is 9.47 Å². The van der Waals surface area contributed by atoms with Gasteiger partial charge in [-0.05, 0) is 60.9 Å². The lowest BCUT2D eigenvalue weighted by atomic mass is 10.1. The Bertz CT molecular complexity index is 1040. The summed E-state index contributed by atoms with van der Waals surface area (Å²) in [6.45, 7) is 1.83. The fourth-order valence-corrected chi connectivity index (χ4v) is 3.35. The van der Waals surface area contributed by atoms with Crippen molar-refractivity contribution in [2.45, 2.75) is 25.5 Å². The number of benzene rings is 2. The van der Waals surface area contributed by atoms with E-state index in [0.717, 1.165) is 30.8 Å². The SMILES string of the molecule is O=C(Nc1ccc(Cn2ccccc2=O)cc1)c1ccc(OC[C@H]2CCCO2)cc1. The molecule has 1 aliphatic heterocycles. The first kappa shape index (κ1) is 19.9. The number of hydrogen-bond acceptors (Lipinski definition) is 4. The van der Waals surface area contributed by atoms with Gasteiger partial charge in [0.05, 0.1) is 12.6 Å². The number of pyridine rings is 1. The number of ether oxygens (including phenoxy) is 2. The maximum absolute atomic E-state index is 12.5. The average molecular weight is 404 g/mol. The summed E-state index contributed by atoms with van der Waals surface area (Å²) in [5, 5.41) is 2.89. The summed E-state index contributed by atoms with van der Waals surface area (Å²) in [5.74, 6) is 0.537. The topological polar surface area (TPSA) is 69.6 Å². The van der Waals surface area contributed by atoms with Crippen LogP contribution in [0, 0.1) is 0 Å². The number of rotatable bonds is 7. The molecule has 30 heavy (non-hydrogen) atoms. The summed E-state index contributed by atoms with van der Waals surface area (Å²) in [6, 6.07) is 19.6. The molecule has 0 bridgehead atoms. The molecule has 4 rings (SSSR count). The van der Waals surface area contributed by atoms with Crippen molar-refractivity contribution in [1.29, 1.82) is 0 Å². The molecule has 1 aliphatic rings. The predicted molar refractivity (Wildman–Crippen MR) is 115 cm³/mol. The zero-order chi connectivity index (χ0) is 20.8. The number of aromatic nitrogens is 1. The third-order valence-corrected chi connectivity index (χ3v) is 5.04. The molecule has 6 nitrogen and oxygen atoms in total. The molecule has 0 aliphatic carbocycles. The Kier molecular flexibility index (Phi) is 6.25. The second-order valence-corrected chi connectivity index (χ2v) is 7.29. The Balaban J connectivity index is 1.32. The van der Waals surface area contributed by atoms with E-state index in [-0.39, 0.29) is 17.6 Å². The highest BCUT2D eigenvalue weighted by Crippen LogP contribution is 2.18. The van der Waals surface area contributed by atoms with Crippen molar-refractivity contribution in [3.8, 4) is 5.75 Å². The van der Waals surface area contributed by atoms with E-state index in [1.165, 1.54) is 6.07 Å². The van der Waals surface area contributed by atoms with Gasteiger partial charge in [0.2, 0.25) is 0 Å². The molecule has 0 radical (unpaired) electrons. The molecule has 1 aromatic heterocycles. The van der Waals surface area contributed by atoms with Crippen molar-refractivity contribution in [3.63, 3.8) is 0 Å². The number of anilines is 1. The minimum Gasteiger partial charge on any atom is -0.491 e. The van der Waals surface area contributed by atoms with Gasteiger partial charge < -0.3 is 19.4 Å².